The predicted octanol–water partition coefficient (Wildman–Crippen LogP) is 1.92. The molecule has 0 bridgehead atoms. The van der Waals surface area contributed by atoms with Crippen LogP contribution in [0.5, 0.6) is 0 Å². The Kier molecular flexibility index (Phi) is 4.11. The number of aryl methyl sites for hydroxylation is 2. The van der Waals surface area contributed by atoms with Crippen molar-refractivity contribution in [3.8, 4) is 0 Å². The van der Waals surface area contributed by atoms with Gasteiger partial charge in [-0.1, -0.05) is 18.5 Å². The van der Waals surface area contributed by atoms with Crippen LogP contribution in [-0.4, -0.2) is 28.7 Å². The first-order chi connectivity index (χ1) is 9.47. The Morgan fingerprint density at radius 3 is 2.65 bits per heavy atom. The molecule has 0 aromatic carbocycles. The van der Waals surface area contributed by atoms with Crippen LogP contribution >= 0.6 is 0 Å². The van der Waals surface area contributed by atoms with Crippen molar-refractivity contribution in [2.75, 3.05) is 6.54 Å². The smallest absolute Gasteiger partial charge is 0.303 e. The summed E-state index contributed by atoms with van der Waals surface area (Å²) in [7, 11) is 0. The highest BCUT2D eigenvalue weighted by Crippen LogP contribution is 2.43. The quantitative estimate of drug-likeness (QED) is 0.830. The van der Waals surface area contributed by atoms with Crippen LogP contribution in [0, 0.1) is 12.3 Å². The highest BCUT2D eigenvalue weighted by atomic mass is 16.5. The van der Waals surface area contributed by atoms with E-state index >= 15 is 0 Å². The summed E-state index contributed by atoms with van der Waals surface area (Å²) in [6, 6.07) is 0. The normalized spacial score (nSPS) is 16.5. The maximum atomic E-state index is 12.2. The molecule has 6 nitrogen and oxygen atoms in total. The lowest BCUT2D eigenvalue weighted by molar-refractivity contribution is -0.141. The largest absolute Gasteiger partial charge is 0.481 e. The Hall–Kier alpha value is -1.85. The van der Waals surface area contributed by atoms with Gasteiger partial charge < -0.3 is 14.9 Å². The Morgan fingerprint density at radius 2 is 2.15 bits per heavy atom. The Bertz CT molecular complexity index is 517. The fourth-order valence-electron chi connectivity index (χ4n) is 2.72. The number of nitrogens with zero attached hydrogens (tertiary/aromatic N) is 1. The highest BCUT2D eigenvalue weighted by molar-refractivity contribution is 5.96. The van der Waals surface area contributed by atoms with Crippen LogP contribution in [0.1, 0.15) is 54.4 Å². The standard InChI is InChI=1S/C14H20N2O4/c1-3-10-12(9(2)20-16-10)13(19)15-8-14(5-4-6-14)7-11(17)18/h3-8H2,1-2H3,(H,15,19)(H,17,18). The molecule has 1 aliphatic carbocycles. The molecule has 1 aliphatic rings. The molecule has 0 atom stereocenters. The van der Waals surface area contributed by atoms with E-state index < -0.39 is 5.97 Å². The van der Waals surface area contributed by atoms with Crippen molar-refractivity contribution in [2.24, 2.45) is 5.41 Å². The third-order valence-electron chi connectivity index (χ3n) is 4.06. The molecule has 1 aromatic rings. The van der Waals surface area contributed by atoms with E-state index in [1.165, 1.54) is 0 Å². The summed E-state index contributed by atoms with van der Waals surface area (Å²) in [5.74, 6) is -0.535. The molecular formula is C14H20N2O4. The van der Waals surface area contributed by atoms with E-state index in [9.17, 15) is 9.59 Å². The second kappa shape index (κ2) is 5.64. The predicted molar refractivity (Wildman–Crippen MR) is 71.5 cm³/mol. The number of hydrogen-bond acceptors (Lipinski definition) is 4. The van der Waals surface area contributed by atoms with Crippen molar-refractivity contribution < 1.29 is 19.2 Å². The molecule has 1 saturated carbocycles. The van der Waals surface area contributed by atoms with Crippen LogP contribution in [0.15, 0.2) is 4.52 Å². The Balaban J connectivity index is 2.01. The molecule has 1 aromatic heterocycles. The lowest BCUT2D eigenvalue weighted by Gasteiger charge is -2.40. The first-order valence-electron chi connectivity index (χ1n) is 6.92. The van der Waals surface area contributed by atoms with Gasteiger partial charge in [-0.2, -0.15) is 0 Å². The van der Waals surface area contributed by atoms with Crippen molar-refractivity contribution in [1.82, 2.24) is 10.5 Å². The molecule has 2 rings (SSSR count). The average molecular weight is 280 g/mol. The fraction of sp³-hybridized carbons (Fsp3) is 0.643. The second-order valence-corrected chi connectivity index (χ2v) is 5.52. The number of carboxylic acid groups (broad SMARTS) is 1. The van der Waals surface area contributed by atoms with Gasteiger partial charge in [0.2, 0.25) is 0 Å². The molecule has 0 unspecified atom stereocenters. The zero-order chi connectivity index (χ0) is 14.8. The van der Waals surface area contributed by atoms with Crippen LogP contribution in [0.4, 0.5) is 0 Å². The maximum Gasteiger partial charge on any atom is 0.303 e. The number of rotatable bonds is 6. The van der Waals surface area contributed by atoms with Gasteiger partial charge in [-0.3, -0.25) is 9.59 Å². The van der Waals surface area contributed by atoms with Gasteiger partial charge in [-0.05, 0) is 31.6 Å². The minimum Gasteiger partial charge on any atom is -0.481 e. The minimum atomic E-state index is -0.811. The molecule has 0 spiro atoms. The third-order valence-corrected chi connectivity index (χ3v) is 4.06. The number of carboxylic acids is 1. The van der Waals surface area contributed by atoms with E-state index in [4.69, 9.17) is 9.63 Å². The van der Waals surface area contributed by atoms with Gasteiger partial charge in [0, 0.05) is 6.54 Å². The highest BCUT2D eigenvalue weighted by Gasteiger charge is 2.39. The molecular weight excluding hydrogens is 260 g/mol. The van der Waals surface area contributed by atoms with Crippen LogP contribution in [0.3, 0.4) is 0 Å². The topological polar surface area (TPSA) is 92.4 Å². The van der Waals surface area contributed by atoms with Gasteiger partial charge >= 0.3 is 5.97 Å². The third kappa shape index (κ3) is 2.84. The Labute approximate surface area is 117 Å². The molecule has 0 saturated heterocycles. The number of nitrogens with one attached hydrogen (secondary N) is 1. The summed E-state index contributed by atoms with van der Waals surface area (Å²) >= 11 is 0. The summed E-state index contributed by atoms with van der Waals surface area (Å²) in [4.78, 5) is 23.1. The van der Waals surface area contributed by atoms with E-state index in [1.54, 1.807) is 6.92 Å². The number of aromatic nitrogens is 1. The summed E-state index contributed by atoms with van der Waals surface area (Å²) in [5.41, 5.74) is 0.844. The average Bonchev–Trinajstić information content (AvgIpc) is 2.73. The van der Waals surface area contributed by atoms with Gasteiger partial charge in [-0.15, -0.1) is 0 Å². The van der Waals surface area contributed by atoms with E-state index in [-0.39, 0.29) is 17.7 Å². The molecule has 0 radical (unpaired) electrons. The van der Waals surface area contributed by atoms with Crippen LogP contribution < -0.4 is 5.32 Å². The monoisotopic (exact) mass is 280 g/mol. The van der Waals surface area contributed by atoms with Gasteiger partial charge in [0.15, 0.2) is 0 Å². The Morgan fingerprint density at radius 1 is 1.45 bits per heavy atom. The minimum absolute atomic E-state index is 0.108. The first kappa shape index (κ1) is 14.6. The zero-order valence-corrected chi connectivity index (χ0v) is 11.9. The van der Waals surface area contributed by atoms with Crippen LogP contribution in [0.25, 0.3) is 0 Å². The van der Waals surface area contributed by atoms with Crippen molar-refractivity contribution in [3.05, 3.63) is 17.0 Å². The van der Waals surface area contributed by atoms with Crippen LogP contribution in [-0.2, 0) is 11.2 Å². The second-order valence-electron chi connectivity index (χ2n) is 5.52. The molecule has 20 heavy (non-hydrogen) atoms. The van der Waals surface area contributed by atoms with Gasteiger partial charge in [0.1, 0.15) is 11.3 Å². The van der Waals surface area contributed by atoms with Crippen molar-refractivity contribution in [1.29, 1.82) is 0 Å². The van der Waals surface area contributed by atoms with E-state index in [2.05, 4.69) is 10.5 Å². The first-order valence-corrected chi connectivity index (χ1v) is 6.92. The van der Waals surface area contributed by atoms with E-state index in [0.717, 1.165) is 19.3 Å². The van der Waals surface area contributed by atoms with E-state index in [1.807, 2.05) is 6.92 Å². The maximum absolute atomic E-state index is 12.2. The van der Waals surface area contributed by atoms with Gasteiger partial charge in [-0.25, -0.2) is 0 Å². The summed E-state index contributed by atoms with van der Waals surface area (Å²) in [6.07, 6.45) is 3.46. The molecule has 1 fully saturated rings. The molecule has 0 aliphatic heterocycles. The number of aliphatic carboxylic acids is 1. The van der Waals surface area contributed by atoms with Gasteiger partial charge in [0.05, 0.1) is 12.1 Å². The number of carbonyl (C=O) groups excluding carboxylic acids is 1. The zero-order valence-electron chi connectivity index (χ0n) is 11.9. The molecule has 2 N–H and O–H groups in total. The number of carbonyl (C=O) groups is 2. The summed E-state index contributed by atoms with van der Waals surface area (Å²) in [5, 5.41) is 15.7. The molecule has 110 valence electrons. The molecule has 1 amide bonds. The summed E-state index contributed by atoms with van der Waals surface area (Å²) < 4.78 is 5.04. The molecule has 1 heterocycles. The lowest BCUT2D eigenvalue weighted by Crippen LogP contribution is -2.43. The number of amides is 1. The fourth-order valence-corrected chi connectivity index (χ4v) is 2.72. The van der Waals surface area contributed by atoms with Gasteiger partial charge in [0.25, 0.3) is 5.91 Å². The SMILES string of the molecule is CCc1noc(C)c1C(=O)NCC1(CC(=O)O)CCC1. The number of hydrogen-bond donors (Lipinski definition) is 2. The van der Waals surface area contributed by atoms with E-state index in [0.29, 0.717) is 30.0 Å². The molecule has 6 heteroatoms. The summed E-state index contributed by atoms with van der Waals surface area (Å²) in [6.45, 7) is 4.01. The lowest BCUT2D eigenvalue weighted by atomic mass is 9.66. The van der Waals surface area contributed by atoms with Crippen molar-refractivity contribution in [2.45, 2.75) is 46.0 Å². The van der Waals surface area contributed by atoms with Crippen molar-refractivity contribution in [3.63, 3.8) is 0 Å². The van der Waals surface area contributed by atoms with Crippen molar-refractivity contribution >= 4 is 11.9 Å². The van der Waals surface area contributed by atoms with Crippen LogP contribution in [0.2, 0.25) is 0 Å².